The molecule has 0 aliphatic rings. The van der Waals surface area contributed by atoms with Crippen LogP contribution in [0.5, 0.6) is 5.75 Å². The second-order valence-corrected chi connectivity index (χ2v) is 6.11. The molecule has 0 fully saturated rings. The Morgan fingerprint density at radius 1 is 0.929 bits per heavy atom. The van der Waals surface area contributed by atoms with Gasteiger partial charge in [0.05, 0.1) is 18.2 Å². The number of ether oxygens (including phenoxy) is 1. The van der Waals surface area contributed by atoms with Gasteiger partial charge in [0.25, 0.3) is 11.8 Å². The van der Waals surface area contributed by atoms with Crippen LogP contribution in [0.2, 0.25) is 0 Å². The van der Waals surface area contributed by atoms with E-state index in [2.05, 4.69) is 15.6 Å². The van der Waals surface area contributed by atoms with Crippen molar-refractivity contribution < 1.29 is 14.3 Å². The molecule has 6 nitrogen and oxygen atoms in total. The number of anilines is 2. The summed E-state index contributed by atoms with van der Waals surface area (Å²) in [5.74, 6) is -0.0348. The molecule has 142 valence electrons. The fourth-order valence-electron chi connectivity index (χ4n) is 2.74. The molecule has 3 rings (SSSR count). The second-order valence-electron chi connectivity index (χ2n) is 6.11. The number of para-hydroxylation sites is 1. The molecule has 3 aromatic rings. The molecular formula is C22H21N3O3. The molecule has 6 heteroatoms. The number of hydrogen-bond donors (Lipinski definition) is 2. The number of methoxy groups -OCH3 is 1. The number of amides is 2. The van der Waals surface area contributed by atoms with Crippen molar-refractivity contribution in [3.63, 3.8) is 0 Å². The third-order valence-corrected chi connectivity index (χ3v) is 4.24. The topological polar surface area (TPSA) is 80.3 Å². The number of benzene rings is 2. The van der Waals surface area contributed by atoms with Crippen molar-refractivity contribution in [2.24, 2.45) is 0 Å². The Kier molecular flexibility index (Phi) is 6.01. The second kappa shape index (κ2) is 8.81. The van der Waals surface area contributed by atoms with Crippen LogP contribution in [0.3, 0.4) is 0 Å². The number of hydrogen-bond acceptors (Lipinski definition) is 4. The van der Waals surface area contributed by atoms with Crippen molar-refractivity contribution in [3.05, 3.63) is 83.7 Å². The summed E-state index contributed by atoms with van der Waals surface area (Å²) in [6.45, 7) is 2.02. The first-order chi connectivity index (χ1) is 13.6. The van der Waals surface area contributed by atoms with E-state index in [1.807, 2.05) is 31.2 Å². The molecule has 0 unspecified atom stereocenters. The van der Waals surface area contributed by atoms with Gasteiger partial charge in [-0.2, -0.15) is 0 Å². The number of rotatable bonds is 6. The minimum Gasteiger partial charge on any atom is -0.497 e. The molecule has 0 bridgehead atoms. The van der Waals surface area contributed by atoms with Gasteiger partial charge in [0.1, 0.15) is 5.75 Å². The zero-order chi connectivity index (χ0) is 19.9. The molecule has 0 spiro atoms. The number of aromatic nitrogens is 1. The molecule has 0 saturated carbocycles. The Morgan fingerprint density at radius 3 is 2.36 bits per heavy atom. The third-order valence-electron chi connectivity index (χ3n) is 4.24. The van der Waals surface area contributed by atoms with E-state index in [9.17, 15) is 9.59 Å². The van der Waals surface area contributed by atoms with Gasteiger partial charge in [-0.15, -0.1) is 0 Å². The fraction of sp³-hybridized carbons (Fsp3) is 0.136. The molecule has 0 atom stereocenters. The zero-order valence-electron chi connectivity index (χ0n) is 15.7. The number of nitrogens with zero attached hydrogens (tertiary/aromatic N) is 1. The van der Waals surface area contributed by atoms with E-state index >= 15 is 0 Å². The number of aryl methyl sites for hydroxylation is 1. The van der Waals surface area contributed by atoms with Gasteiger partial charge in [-0.3, -0.25) is 14.6 Å². The molecule has 2 N–H and O–H groups in total. The Morgan fingerprint density at radius 2 is 1.64 bits per heavy atom. The smallest absolute Gasteiger partial charge is 0.257 e. The van der Waals surface area contributed by atoms with Crippen LogP contribution >= 0.6 is 0 Å². The first-order valence-electron chi connectivity index (χ1n) is 8.90. The maximum atomic E-state index is 12.6. The number of nitrogens with one attached hydrogen (secondary N) is 2. The molecule has 0 saturated heterocycles. The predicted molar refractivity (Wildman–Crippen MR) is 109 cm³/mol. The maximum Gasteiger partial charge on any atom is 0.257 e. The van der Waals surface area contributed by atoms with E-state index in [1.54, 1.807) is 31.4 Å². The molecule has 0 aliphatic heterocycles. The van der Waals surface area contributed by atoms with Gasteiger partial charge in [-0.25, -0.2) is 0 Å². The summed E-state index contributed by atoms with van der Waals surface area (Å²) >= 11 is 0. The lowest BCUT2D eigenvalue weighted by atomic mass is 10.1. The summed E-state index contributed by atoms with van der Waals surface area (Å²) < 4.78 is 5.15. The molecule has 2 amide bonds. The van der Waals surface area contributed by atoms with Gasteiger partial charge in [-0.05, 0) is 36.2 Å². The highest BCUT2D eigenvalue weighted by atomic mass is 16.5. The quantitative estimate of drug-likeness (QED) is 0.678. The minimum absolute atomic E-state index is 0.291. The summed E-state index contributed by atoms with van der Waals surface area (Å²) in [4.78, 5) is 29.2. The van der Waals surface area contributed by atoms with Crippen LogP contribution in [0.4, 0.5) is 11.4 Å². The van der Waals surface area contributed by atoms with Crippen molar-refractivity contribution in [1.29, 1.82) is 0 Å². The van der Waals surface area contributed by atoms with E-state index < -0.39 is 0 Å². The van der Waals surface area contributed by atoms with Crippen molar-refractivity contribution in [3.8, 4) is 5.75 Å². The van der Waals surface area contributed by atoms with Crippen LogP contribution in [0.15, 0.2) is 67.0 Å². The van der Waals surface area contributed by atoms with E-state index in [1.165, 1.54) is 18.5 Å². The number of carbonyl (C=O) groups is 2. The van der Waals surface area contributed by atoms with Crippen molar-refractivity contribution in [2.45, 2.75) is 13.3 Å². The number of pyridine rings is 1. The summed E-state index contributed by atoms with van der Waals surface area (Å²) in [5.41, 5.74) is 2.98. The van der Waals surface area contributed by atoms with Gasteiger partial charge < -0.3 is 15.4 Å². The zero-order valence-corrected chi connectivity index (χ0v) is 15.7. The van der Waals surface area contributed by atoms with Gasteiger partial charge in [-0.1, -0.05) is 31.2 Å². The lowest BCUT2D eigenvalue weighted by molar-refractivity contribution is 0.102. The summed E-state index contributed by atoms with van der Waals surface area (Å²) in [6.07, 6.45) is 3.66. The molecule has 2 aromatic carbocycles. The van der Waals surface area contributed by atoms with Crippen LogP contribution in [0.25, 0.3) is 0 Å². The maximum absolute atomic E-state index is 12.6. The van der Waals surface area contributed by atoms with Gasteiger partial charge >= 0.3 is 0 Å². The van der Waals surface area contributed by atoms with Crippen molar-refractivity contribution in [1.82, 2.24) is 4.98 Å². The minimum atomic E-state index is -0.357. The van der Waals surface area contributed by atoms with Crippen molar-refractivity contribution in [2.75, 3.05) is 17.7 Å². The highest BCUT2D eigenvalue weighted by Crippen LogP contribution is 2.19. The largest absolute Gasteiger partial charge is 0.497 e. The summed E-state index contributed by atoms with van der Waals surface area (Å²) in [6, 6.07) is 16.2. The monoisotopic (exact) mass is 375 g/mol. The predicted octanol–water partition coefficient (Wildman–Crippen LogP) is 4.16. The standard InChI is InChI=1S/C22H21N3O3/c1-3-15-7-4-5-10-20(15)25-22(27)17-11-16(13-23-14-17)21(26)24-18-8-6-9-19(12-18)28-2/h4-14H,3H2,1-2H3,(H,24,26)(H,25,27). The normalized spacial score (nSPS) is 10.2. The van der Waals surface area contributed by atoms with Crippen LogP contribution in [-0.4, -0.2) is 23.9 Å². The van der Waals surface area contributed by atoms with Gasteiger partial charge in [0.15, 0.2) is 0 Å². The van der Waals surface area contributed by atoms with Crippen LogP contribution < -0.4 is 15.4 Å². The first-order valence-corrected chi connectivity index (χ1v) is 8.90. The van der Waals surface area contributed by atoms with Crippen molar-refractivity contribution >= 4 is 23.2 Å². The fourth-order valence-corrected chi connectivity index (χ4v) is 2.74. The van der Waals surface area contributed by atoms with E-state index in [4.69, 9.17) is 4.74 Å². The van der Waals surface area contributed by atoms with Gasteiger partial charge in [0.2, 0.25) is 0 Å². The lowest BCUT2D eigenvalue weighted by Gasteiger charge is -2.10. The number of carbonyl (C=O) groups excluding carboxylic acids is 2. The summed E-state index contributed by atoms with van der Waals surface area (Å²) in [5, 5.41) is 5.66. The summed E-state index contributed by atoms with van der Waals surface area (Å²) in [7, 11) is 1.56. The third kappa shape index (κ3) is 4.54. The Labute approximate surface area is 163 Å². The van der Waals surface area contributed by atoms with E-state index in [-0.39, 0.29) is 11.8 Å². The average Bonchev–Trinajstić information content (AvgIpc) is 2.74. The molecule has 0 radical (unpaired) electrons. The Bertz CT molecular complexity index is 1000. The Balaban J connectivity index is 1.75. The molecule has 28 heavy (non-hydrogen) atoms. The Hall–Kier alpha value is -3.67. The molecule has 1 heterocycles. The SMILES string of the molecule is CCc1ccccc1NC(=O)c1cncc(C(=O)Nc2cccc(OC)c2)c1. The van der Waals surface area contributed by atoms with Crippen LogP contribution in [0.1, 0.15) is 33.2 Å². The molecular weight excluding hydrogens is 354 g/mol. The van der Waals surface area contributed by atoms with Gasteiger partial charge in [0, 0.05) is 29.8 Å². The van der Waals surface area contributed by atoms with Crippen LogP contribution in [0, 0.1) is 0 Å². The highest BCUT2D eigenvalue weighted by Gasteiger charge is 2.13. The van der Waals surface area contributed by atoms with E-state index in [0.29, 0.717) is 22.6 Å². The molecule has 0 aliphatic carbocycles. The van der Waals surface area contributed by atoms with Crippen LogP contribution in [-0.2, 0) is 6.42 Å². The highest BCUT2D eigenvalue weighted by molar-refractivity contribution is 6.08. The first kappa shape index (κ1) is 19.1. The molecule has 1 aromatic heterocycles. The van der Waals surface area contributed by atoms with E-state index in [0.717, 1.165) is 17.7 Å². The average molecular weight is 375 g/mol. The lowest BCUT2D eigenvalue weighted by Crippen LogP contribution is -2.16.